The van der Waals surface area contributed by atoms with Gasteiger partial charge in [0.2, 0.25) is 11.2 Å². The predicted molar refractivity (Wildman–Crippen MR) is 61.1 cm³/mol. The van der Waals surface area contributed by atoms with Gasteiger partial charge in [0.25, 0.3) is 0 Å². The Morgan fingerprint density at radius 1 is 1.31 bits per heavy atom. The highest BCUT2D eigenvalue weighted by Gasteiger charge is 2.14. The van der Waals surface area contributed by atoms with Gasteiger partial charge in [-0.1, -0.05) is 0 Å². The van der Waals surface area contributed by atoms with E-state index in [1.54, 1.807) is 7.11 Å². The monoisotopic (exact) mass is 246 g/mol. The standard InChI is InChI=1S/C9H15ClN4O2/c1-6(5-15-3)14(2)8-11-7(10)12-9(13-8)16-4/h6H,5H2,1-4H3. The zero-order valence-electron chi connectivity index (χ0n) is 9.77. The topological polar surface area (TPSA) is 60.4 Å². The molecule has 0 aliphatic carbocycles. The van der Waals surface area contributed by atoms with Gasteiger partial charge in [0.15, 0.2) is 0 Å². The van der Waals surface area contributed by atoms with Crippen molar-refractivity contribution in [2.75, 3.05) is 32.8 Å². The molecule has 1 unspecified atom stereocenters. The first-order chi connectivity index (χ1) is 7.58. The van der Waals surface area contributed by atoms with E-state index in [9.17, 15) is 0 Å². The van der Waals surface area contributed by atoms with Crippen LogP contribution in [0.5, 0.6) is 6.01 Å². The average molecular weight is 247 g/mol. The smallest absolute Gasteiger partial charge is 0.322 e. The number of halogens is 1. The van der Waals surface area contributed by atoms with Gasteiger partial charge < -0.3 is 14.4 Å². The molecule has 0 bridgehead atoms. The Bertz CT molecular complexity index is 350. The minimum Gasteiger partial charge on any atom is -0.467 e. The highest BCUT2D eigenvalue weighted by Crippen LogP contribution is 2.15. The summed E-state index contributed by atoms with van der Waals surface area (Å²) in [7, 11) is 4.98. The van der Waals surface area contributed by atoms with E-state index in [4.69, 9.17) is 21.1 Å². The highest BCUT2D eigenvalue weighted by atomic mass is 35.5. The van der Waals surface area contributed by atoms with Gasteiger partial charge in [-0.25, -0.2) is 0 Å². The number of aromatic nitrogens is 3. The van der Waals surface area contributed by atoms with E-state index in [-0.39, 0.29) is 17.3 Å². The molecule has 7 heteroatoms. The third-order valence-electron chi connectivity index (χ3n) is 2.14. The molecule has 6 nitrogen and oxygen atoms in total. The van der Waals surface area contributed by atoms with Crippen molar-refractivity contribution in [3.63, 3.8) is 0 Å². The van der Waals surface area contributed by atoms with E-state index in [1.165, 1.54) is 7.11 Å². The molecular weight excluding hydrogens is 232 g/mol. The first-order valence-corrected chi connectivity index (χ1v) is 5.13. The Morgan fingerprint density at radius 2 is 2.00 bits per heavy atom. The van der Waals surface area contributed by atoms with Gasteiger partial charge in [0.1, 0.15) is 0 Å². The average Bonchev–Trinajstić information content (AvgIpc) is 2.27. The number of anilines is 1. The van der Waals surface area contributed by atoms with Gasteiger partial charge in [-0.05, 0) is 18.5 Å². The van der Waals surface area contributed by atoms with Crippen molar-refractivity contribution in [1.82, 2.24) is 15.0 Å². The molecule has 0 fully saturated rings. The number of ether oxygens (including phenoxy) is 2. The summed E-state index contributed by atoms with van der Waals surface area (Å²) >= 11 is 5.75. The molecule has 0 saturated heterocycles. The quantitative estimate of drug-likeness (QED) is 0.773. The molecule has 1 heterocycles. The first kappa shape index (κ1) is 12.9. The van der Waals surface area contributed by atoms with E-state index < -0.39 is 0 Å². The van der Waals surface area contributed by atoms with Crippen molar-refractivity contribution in [1.29, 1.82) is 0 Å². The molecule has 0 aromatic carbocycles. The number of nitrogens with zero attached hydrogens (tertiary/aromatic N) is 4. The predicted octanol–water partition coefficient (Wildman–Crippen LogP) is 1.00. The first-order valence-electron chi connectivity index (χ1n) is 4.75. The van der Waals surface area contributed by atoms with Crippen molar-refractivity contribution >= 4 is 17.5 Å². The Hall–Kier alpha value is -1.14. The van der Waals surface area contributed by atoms with E-state index >= 15 is 0 Å². The van der Waals surface area contributed by atoms with Gasteiger partial charge >= 0.3 is 6.01 Å². The lowest BCUT2D eigenvalue weighted by Gasteiger charge is -2.24. The van der Waals surface area contributed by atoms with E-state index in [0.717, 1.165) is 0 Å². The van der Waals surface area contributed by atoms with Crippen LogP contribution >= 0.6 is 11.6 Å². The summed E-state index contributed by atoms with van der Waals surface area (Å²) in [4.78, 5) is 13.8. The van der Waals surface area contributed by atoms with Crippen LogP contribution in [-0.2, 0) is 4.74 Å². The van der Waals surface area contributed by atoms with Crippen molar-refractivity contribution in [3.05, 3.63) is 5.28 Å². The minimum absolute atomic E-state index is 0.110. The van der Waals surface area contributed by atoms with E-state index in [0.29, 0.717) is 12.6 Å². The molecule has 0 amide bonds. The third kappa shape index (κ3) is 3.18. The van der Waals surface area contributed by atoms with Gasteiger partial charge in [-0.15, -0.1) is 0 Å². The van der Waals surface area contributed by atoms with Gasteiger partial charge in [0.05, 0.1) is 19.8 Å². The highest BCUT2D eigenvalue weighted by molar-refractivity contribution is 6.28. The van der Waals surface area contributed by atoms with Gasteiger partial charge in [0, 0.05) is 14.2 Å². The number of likely N-dealkylation sites (N-methyl/N-ethyl adjacent to an activating group) is 1. The number of hydrogen-bond acceptors (Lipinski definition) is 6. The molecule has 0 radical (unpaired) electrons. The van der Waals surface area contributed by atoms with Gasteiger partial charge in [-0.3, -0.25) is 0 Å². The lowest BCUT2D eigenvalue weighted by atomic mass is 10.3. The summed E-state index contributed by atoms with van der Waals surface area (Å²) in [6, 6.07) is 0.333. The second-order valence-corrected chi connectivity index (χ2v) is 3.64. The van der Waals surface area contributed by atoms with Crippen LogP contribution < -0.4 is 9.64 Å². The van der Waals surface area contributed by atoms with Crippen LogP contribution in [0.2, 0.25) is 5.28 Å². The molecule has 1 aromatic rings. The maximum absolute atomic E-state index is 5.75. The Balaban J connectivity index is 2.89. The number of rotatable bonds is 5. The van der Waals surface area contributed by atoms with Crippen molar-refractivity contribution in [3.8, 4) is 6.01 Å². The summed E-state index contributed by atoms with van der Waals surface area (Å²) in [5.41, 5.74) is 0. The summed E-state index contributed by atoms with van der Waals surface area (Å²) in [5.74, 6) is 0.460. The molecule has 0 saturated carbocycles. The van der Waals surface area contributed by atoms with Crippen LogP contribution in [0.15, 0.2) is 0 Å². The second-order valence-electron chi connectivity index (χ2n) is 3.31. The van der Waals surface area contributed by atoms with Crippen molar-refractivity contribution in [2.45, 2.75) is 13.0 Å². The van der Waals surface area contributed by atoms with Crippen molar-refractivity contribution in [2.24, 2.45) is 0 Å². The lowest BCUT2D eigenvalue weighted by molar-refractivity contribution is 0.183. The Labute approximate surface area is 99.6 Å². The summed E-state index contributed by atoms with van der Waals surface area (Å²) in [6.45, 7) is 2.57. The molecule has 90 valence electrons. The zero-order chi connectivity index (χ0) is 12.1. The zero-order valence-corrected chi connectivity index (χ0v) is 10.5. The summed E-state index contributed by atoms with van der Waals surface area (Å²) < 4.78 is 9.98. The SMILES string of the molecule is COCC(C)N(C)c1nc(Cl)nc(OC)n1. The Morgan fingerprint density at radius 3 is 2.56 bits per heavy atom. The molecule has 1 rings (SSSR count). The van der Waals surface area contributed by atoms with E-state index in [1.807, 2.05) is 18.9 Å². The Kier molecular flexibility index (Phi) is 4.70. The van der Waals surface area contributed by atoms with Crippen LogP contribution in [0.1, 0.15) is 6.92 Å². The van der Waals surface area contributed by atoms with Crippen molar-refractivity contribution < 1.29 is 9.47 Å². The number of methoxy groups -OCH3 is 2. The third-order valence-corrected chi connectivity index (χ3v) is 2.31. The normalized spacial score (nSPS) is 12.3. The molecule has 16 heavy (non-hydrogen) atoms. The van der Waals surface area contributed by atoms with Crippen LogP contribution in [0.3, 0.4) is 0 Å². The lowest BCUT2D eigenvalue weighted by Crippen LogP contribution is -2.34. The van der Waals surface area contributed by atoms with Gasteiger partial charge in [-0.2, -0.15) is 15.0 Å². The molecule has 1 aromatic heterocycles. The molecule has 0 aliphatic heterocycles. The second kappa shape index (κ2) is 5.81. The molecular formula is C9H15ClN4O2. The molecule has 1 atom stereocenters. The van der Waals surface area contributed by atoms with Crippen LogP contribution in [0.4, 0.5) is 5.95 Å². The fraction of sp³-hybridized carbons (Fsp3) is 0.667. The number of hydrogen-bond donors (Lipinski definition) is 0. The van der Waals surface area contributed by atoms with Crippen LogP contribution in [0.25, 0.3) is 0 Å². The molecule has 0 aliphatic rings. The maximum Gasteiger partial charge on any atom is 0.322 e. The fourth-order valence-electron chi connectivity index (χ4n) is 1.12. The van der Waals surface area contributed by atoms with Crippen LogP contribution in [0, 0.1) is 0 Å². The molecule has 0 spiro atoms. The maximum atomic E-state index is 5.75. The minimum atomic E-state index is 0.110. The summed E-state index contributed by atoms with van der Waals surface area (Å²) in [6.07, 6.45) is 0. The van der Waals surface area contributed by atoms with Crippen LogP contribution in [-0.4, -0.2) is 48.9 Å². The summed E-state index contributed by atoms with van der Waals surface area (Å²) in [5, 5.41) is 0.110. The largest absolute Gasteiger partial charge is 0.467 e. The fourth-order valence-corrected chi connectivity index (χ4v) is 1.27. The molecule has 0 N–H and O–H groups in total. The van der Waals surface area contributed by atoms with E-state index in [2.05, 4.69) is 15.0 Å².